The molecule has 0 amide bonds. The van der Waals surface area contributed by atoms with Gasteiger partial charge < -0.3 is 0 Å². The zero-order chi connectivity index (χ0) is 12.5. The molecule has 0 N–H and O–H groups in total. The molecule has 2 aromatic rings. The highest BCUT2D eigenvalue weighted by atomic mass is 19.4. The lowest BCUT2D eigenvalue weighted by Crippen LogP contribution is -2.19. The number of aryl methyl sites for hydroxylation is 1. The van der Waals surface area contributed by atoms with E-state index in [0.29, 0.717) is 11.4 Å². The fourth-order valence-corrected chi connectivity index (χ4v) is 1.59. The first-order valence-electron chi connectivity index (χ1n) is 5.12. The van der Waals surface area contributed by atoms with Gasteiger partial charge in [0.05, 0.1) is 5.69 Å². The molecule has 0 bridgehead atoms. The van der Waals surface area contributed by atoms with E-state index in [0.717, 1.165) is 10.2 Å². The summed E-state index contributed by atoms with van der Waals surface area (Å²) in [6, 6.07) is 10.8. The van der Waals surface area contributed by atoms with Crippen LogP contribution in [0.3, 0.4) is 0 Å². The number of alkyl halides is 3. The van der Waals surface area contributed by atoms with Crippen molar-refractivity contribution in [2.45, 2.75) is 19.6 Å². The van der Waals surface area contributed by atoms with E-state index in [1.165, 1.54) is 0 Å². The van der Waals surface area contributed by atoms with Crippen molar-refractivity contribution < 1.29 is 13.2 Å². The molecule has 1 aromatic heterocycles. The Morgan fingerprint density at radius 1 is 1.18 bits per heavy atom. The van der Waals surface area contributed by atoms with E-state index in [1.807, 2.05) is 30.3 Å². The van der Waals surface area contributed by atoms with Crippen LogP contribution in [0, 0.1) is 6.92 Å². The molecule has 5 heteroatoms. The summed E-state index contributed by atoms with van der Waals surface area (Å²) in [6.07, 6.45) is -4.25. The lowest BCUT2D eigenvalue weighted by atomic mass is 10.1. The largest absolute Gasteiger partial charge is 0.408 e. The molecule has 0 atom stereocenters. The van der Waals surface area contributed by atoms with Gasteiger partial charge in [0, 0.05) is 11.3 Å². The van der Waals surface area contributed by atoms with Crippen LogP contribution in [0.1, 0.15) is 5.69 Å². The van der Waals surface area contributed by atoms with Gasteiger partial charge in [-0.05, 0) is 13.0 Å². The maximum absolute atomic E-state index is 12.3. The minimum atomic E-state index is -4.25. The molecule has 1 aromatic carbocycles. The number of aromatic nitrogens is 2. The Hall–Kier alpha value is -1.78. The van der Waals surface area contributed by atoms with Gasteiger partial charge in [-0.1, -0.05) is 30.3 Å². The molecule has 2 nitrogen and oxygen atoms in total. The molecule has 90 valence electrons. The van der Waals surface area contributed by atoms with Crippen LogP contribution in [0.2, 0.25) is 0 Å². The zero-order valence-corrected chi connectivity index (χ0v) is 9.20. The number of hydrogen-bond acceptors (Lipinski definition) is 1. The van der Waals surface area contributed by atoms with Gasteiger partial charge in [0.2, 0.25) is 0 Å². The minimum absolute atomic E-state index is 0.501. The Balaban J connectivity index is 2.31. The summed E-state index contributed by atoms with van der Waals surface area (Å²) < 4.78 is 37.8. The van der Waals surface area contributed by atoms with Gasteiger partial charge in [-0.15, -0.1) is 0 Å². The summed E-state index contributed by atoms with van der Waals surface area (Å²) in [5, 5.41) is 3.96. The normalized spacial score (nSPS) is 11.8. The minimum Gasteiger partial charge on any atom is -0.260 e. The van der Waals surface area contributed by atoms with Crippen LogP contribution in [0.25, 0.3) is 11.3 Å². The molecule has 0 radical (unpaired) electrons. The average molecular weight is 240 g/mol. The lowest BCUT2D eigenvalue weighted by molar-refractivity contribution is -0.142. The Morgan fingerprint density at radius 2 is 1.82 bits per heavy atom. The summed E-state index contributed by atoms with van der Waals surface area (Å²) in [5.41, 5.74) is 1.88. The van der Waals surface area contributed by atoms with E-state index in [4.69, 9.17) is 0 Å². The first kappa shape index (κ1) is 11.7. The summed E-state index contributed by atoms with van der Waals surface area (Å²) in [5.74, 6) is 0. The van der Waals surface area contributed by atoms with Gasteiger partial charge >= 0.3 is 6.18 Å². The summed E-state index contributed by atoms with van der Waals surface area (Å²) in [4.78, 5) is 0. The van der Waals surface area contributed by atoms with E-state index in [9.17, 15) is 13.2 Å². The maximum atomic E-state index is 12.3. The molecule has 0 spiro atoms. The highest BCUT2D eigenvalue weighted by Crippen LogP contribution is 2.22. The molecule has 0 saturated heterocycles. The molecule has 2 rings (SSSR count). The van der Waals surface area contributed by atoms with E-state index in [1.54, 1.807) is 13.0 Å². The Labute approximate surface area is 96.7 Å². The van der Waals surface area contributed by atoms with Crippen LogP contribution in [0.5, 0.6) is 0 Å². The SMILES string of the molecule is Cc1cc(-c2ccccc2)nn1CC(F)(F)F. The molecule has 17 heavy (non-hydrogen) atoms. The highest BCUT2D eigenvalue weighted by Gasteiger charge is 2.29. The molecular weight excluding hydrogens is 229 g/mol. The molecule has 0 aliphatic heterocycles. The van der Waals surface area contributed by atoms with E-state index in [2.05, 4.69) is 5.10 Å². The number of hydrogen-bond donors (Lipinski definition) is 0. The number of benzene rings is 1. The Kier molecular flexibility index (Phi) is 2.92. The molecule has 0 fully saturated rings. The predicted molar refractivity (Wildman–Crippen MR) is 58.5 cm³/mol. The van der Waals surface area contributed by atoms with Crippen molar-refractivity contribution in [1.82, 2.24) is 9.78 Å². The quantitative estimate of drug-likeness (QED) is 0.786. The topological polar surface area (TPSA) is 17.8 Å². The average Bonchev–Trinajstić information content (AvgIpc) is 2.59. The van der Waals surface area contributed by atoms with Crippen molar-refractivity contribution in [2.24, 2.45) is 0 Å². The van der Waals surface area contributed by atoms with Crippen LogP contribution in [-0.2, 0) is 6.54 Å². The lowest BCUT2D eigenvalue weighted by Gasteiger charge is -2.07. The zero-order valence-electron chi connectivity index (χ0n) is 9.20. The van der Waals surface area contributed by atoms with Crippen molar-refractivity contribution in [2.75, 3.05) is 0 Å². The van der Waals surface area contributed by atoms with Gasteiger partial charge in [0.15, 0.2) is 0 Å². The molecule has 0 aliphatic carbocycles. The van der Waals surface area contributed by atoms with Crippen molar-refractivity contribution >= 4 is 0 Å². The fourth-order valence-electron chi connectivity index (χ4n) is 1.59. The van der Waals surface area contributed by atoms with Gasteiger partial charge in [0.25, 0.3) is 0 Å². The van der Waals surface area contributed by atoms with Crippen molar-refractivity contribution in [1.29, 1.82) is 0 Å². The van der Waals surface area contributed by atoms with Crippen molar-refractivity contribution in [3.63, 3.8) is 0 Å². The second kappa shape index (κ2) is 4.24. The van der Waals surface area contributed by atoms with Crippen LogP contribution < -0.4 is 0 Å². The number of rotatable bonds is 2. The van der Waals surface area contributed by atoms with Crippen LogP contribution >= 0.6 is 0 Å². The first-order valence-corrected chi connectivity index (χ1v) is 5.12. The smallest absolute Gasteiger partial charge is 0.260 e. The maximum Gasteiger partial charge on any atom is 0.408 e. The second-order valence-electron chi connectivity index (χ2n) is 3.81. The first-order chi connectivity index (χ1) is 7.96. The molecule has 0 saturated carbocycles. The number of nitrogens with zero attached hydrogens (tertiary/aromatic N) is 2. The molecular formula is C12H11F3N2. The summed E-state index contributed by atoms with van der Waals surface area (Å²) >= 11 is 0. The molecule has 0 aliphatic rings. The number of halogens is 3. The monoisotopic (exact) mass is 240 g/mol. The third kappa shape index (κ3) is 2.87. The van der Waals surface area contributed by atoms with Gasteiger partial charge in [-0.2, -0.15) is 18.3 Å². The predicted octanol–water partition coefficient (Wildman–Crippen LogP) is 3.42. The van der Waals surface area contributed by atoms with Gasteiger partial charge in [0.1, 0.15) is 6.54 Å². The standard InChI is InChI=1S/C12H11F3N2/c1-9-7-11(10-5-3-2-4-6-10)16-17(9)8-12(13,14)15/h2-7H,8H2,1H3. The van der Waals surface area contributed by atoms with E-state index >= 15 is 0 Å². The van der Waals surface area contributed by atoms with Crippen LogP contribution in [0.15, 0.2) is 36.4 Å². The third-order valence-corrected chi connectivity index (χ3v) is 2.38. The summed E-state index contributed by atoms with van der Waals surface area (Å²) in [7, 11) is 0. The molecule has 0 unspecified atom stereocenters. The van der Waals surface area contributed by atoms with Gasteiger partial charge in [-0.3, -0.25) is 4.68 Å². The fraction of sp³-hybridized carbons (Fsp3) is 0.250. The van der Waals surface area contributed by atoms with Gasteiger partial charge in [-0.25, -0.2) is 0 Å². The van der Waals surface area contributed by atoms with Crippen molar-refractivity contribution in [3.8, 4) is 11.3 Å². The van der Waals surface area contributed by atoms with Crippen LogP contribution in [0.4, 0.5) is 13.2 Å². The Morgan fingerprint density at radius 3 is 2.41 bits per heavy atom. The van der Waals surface area contributed by atoms with E-state index in [-0.39, 0.29) is 0 Å². The Bertz CT molecular complexity index is 500. The van der Waals surface area contributed by atoms with Crippen LogP contribution in [-0.4, -0.2) is 16.0 Å². The summed E-state index contributed by atoms with van der Waals surface area (Å²) in [6.45, 7) is 0.566. The highest BCUT2D eigenvalue weighted by molar-refractivity contribution is 5.58. The second-order valence-corrected chi connectivity index (χ2v) is 3.81. The van der Waals surface area contributed by atoms with E-state index < -0.39 is 12.7 Å². The third-order valence-electron chi connectivity index (χ3n) is 2.38. The van der Waals surface area contributed by atoms with Crippen molar-refractivity contribution in [3.05, 3.63) is 42.1 Å². The molecule has 1 heterocycles.